The molecule has 0 atom stereocenters. The summed E-state index contributed by atoms with van der Waals surface area (Å²) < 4.78 is 5.42. The van der Waals surface area contributed by atoms with Gasteiger partial charge in [-0.05, 0) is 37.3 Å². The highest BCUT2D eigenvalue weighted by molar-refractivity contribution is 5.99. The lowest BCUT2D eigenvalue weighted by Crippen LogP contribution is -2.40. The molecule has 0 bridgehead atoms. The zero-order valence-electron chi connectivity index (χ0n) is 15.6. The summed E-state index contributed by atoms with van der Waals surface area (Å²) >= 11 is 0. The number of nitrogens with two attached hydrogens (primary N) is 1. The number of nitrogens with one attached hydrogen (secondary N) is 1. The van der Waals surface area contributed by atoms with E-state index in [1.165, 1.54) is 0 Å². The van der Waals surface area contributed by atoms with E-state index in [9.17, 15) is 9.59 Å². The van der Waals surface area contributed by atoms with E-state index in [0.29, 0.717) is 28.8 Å². The molecule has 0 spiro atoms. The smallest absolute Gasteiger partial charge is 0.248 e. The Balaban J connectivity index is 0.00000240. The molecule has 0 aliphatic carbocycles. The average Bonchev–Trinajstić information content (AvgIpc) is 2.72. The Morgan fingerprint density at radius 3 is 2.96 bits per heavy atom. The number of anilines is 2. The summed E-state index contributed by atoms with van der Waals surface area (Å²) in [6.07, 6.45) is 4.69. The molecule has 0 saturated carbocycles. The minimum absolute atomic E-state index is 0. The third-order valence-corrected chi connectivity index (χ3v) is 5.24. The normalized spacial score (nSPS) is 17.1. The van der Waals surface area contributed by atoms with Crippen molar-refractivity contribution in [3.05, 3.63) is 36.0 Å². The van der Waals surface area contributed by atoms with Gasteiger partial charge in [0, 0.05) is 32.3 Å². The van der Waals surface area contributed by atoms with Crippen LogP contribution in [0.3, 0.4) is 0 Å². The van der Waals surface area contributed by atoms with Gasteiger partial charge in [-0.2, -0.15) is 0 Å². The van der Waals surface area contributed by atoms with Crippen molar-refractivity contribution < 1.29 is 15.8 Å². The Morgan fingerprint density at radius 2 is 2.18 bits per heavy atom. The van der Waals surface area contributed by atoms with Crippen LogP contribution >= 0.6 is 0 Å². The fourth-order valence-corrected chi connectivity index (χ4v) is 3.64. The number of ether oxygens (including phenoxy) is 1. The monoisotopic (exact) mass is 383 g/mol. The van der Waals surface area contributed by atoms with Crippen LogP contribution in [0.1, 0.15) is 31.0 Å². The Bertz CT molecular complexity index is 901. The van der Waals surface area contributed by atoms with Gasteiger partial charge < -0.3 is 20.7 Å². The van der Waals surface area contributed by atoms with Crippen LogP contribution in [0.4, 0.5) is 11.6 Å². The van der Waals surface area contributed by atoms with E-state index in [1.807, 2.05) is 11.0 Å². The van der Waals surface area contributed by atoms with Gasteiger partial charge in [0.05, 0.1) is 18.4 Å². The number of hydrogen-bond donors (Lipinski definition) is 2. The number of fused-ring (bicyclic) bond motifs is 1. The molecule has 0 radical (unpaired) electrons. The van der Waals surface area contributed by atoms with Crippen molar-refractivity contribution in [2.24, 2.45) is 11.7 Å². The number of amides is 2. The third-order valence-electron chi connectivity index (χ3n) is 5.24. The fourth-order valence-electron chi connectivity index (χ4n) is 3.64. The topological polar surface area (TPSA) is 110 Å². The lowest BCUT2D eigenvalue weighted by atomic mass is 9.96. The first kappa shape index (κ1) is 18.4. The van der Waals surface area contributed by atoms with Crippen LogP contribution in [-0.4, -0.2) is 48.1 Å². The maximum absolute atomic E-state index is 12.1. The van der Waals surface area contributed by atoms with Crippen molar-refractivity contribution in [3.8, 4) is 11.3 Å². The van der Waals surface area contributed by atoms with Gasteiger partial charge in [-0.15, -0.1) is 0 Å². The summed E-state index contributed by atoms with van der Waals surface area (Å²) in [7, 11) is 0. The van der Waals surface area contributed by atoms with Gasteiger partial charge in [0.1, 0.15) is 0 Å². The molecule has 1 aromatic heterocycles. The average molecular weight is 383 g/mol. The Morgan fingerprint density at radius 1 is 1.36 bits per heavy atom. The van der Waals surface area contributed by atoms with E-state index in [0.717, 1.165) is 44.6 Å². The molecular formula is C20H25N5O3. The van der Waals surface area contributed by atoms with Crippen molar-refractivity contribution in [2.75, 3.05) is 36.5 Å². The van der Waals surface area contributed by atoms with Gasteiger partial charge in [0.2, 0.25) is 11.8 Å². The number of nitrogens with zero attached hydrogens (tertiary/aromatic N) is 3. The number of benzene rings is 1. The number of carbonyl (C=O) groups excluding carboxylic acids is 2. The molecule has 1 aromatic carbocycles. The molecule has 148 valence electrons. The van der Waals surface area contributed by atoms with Gasteiger partial charge >= 0.3 is 0 Å². The van der Waals surface area contributed by atoms with Gasteiger partial charge in [-0.25, -0.2) is 9.97 Å². The molecular weight excluding hydrogens is 358 g/mol. The van der Waals surface area contributed by atoms with Gasteiger partial charge in [-0.1, -0.05) is 12.1 Å². The molecule has 3 N–H and O–H groups in total. The SMILES string of the molecule is NC(=O)c1cccc(-c2cnc3c(n2)N(CCC2CCOCC2)CC(=O)N3)c1.[HH]. The summed E-state index contributed by atoms with van der Waals surface area (Å²) in [5.41, 5.74) is 7.19. The van der Waals surface area contributed by atoms with Crippen LogP contribution in [0.25, 0.3) is 11.3 Å². The molecule has 8 heteroatoms. The minimum Gasteiger partial charge on any atom is -0.381 e. The number of hydrogen-bond acceptors (Lipinski definition) is 6. The first-order valence-electron chi connectivity index (χ1n) is 9.50. The quantitative estimate of drug-likeness (QED) is 0.818. The molecule has 2 amide bonds. The van der Waals surface area contributed by atoms with E-state index in [-0.39, 0.29) is 13.9 Å². The van der Waals surface area contributed by atoms with Crippen molar-refractivity contribution in [2.45, 2.75) is 19.3 Å². The van der Waals surface area contributed by atoms with Gasteiger partial charge in [0.25, 0.3) is 0 Å². The zero-order valence-corrected chi connectivity index (χ0v) is 15.6. The largest absolute Gasteiger partial charge is 0.381 e. The number of carbonyl (C=O) groups is 2. The van der Waals surface area contributed by atoms with Crippen molar-refractivity contribution in [1.29, 1.82) is 0 Å². The molecule has 1 saturated heterocycles. The molecule has 2 aliphatic heterocycles. The third kappa shape index (κ3) is 3.96. The summed E-state index contributed by atoms with van der Waals surface area (Å²) in [4.78, 5) is 34.6. The molecule has 1 fully saturated rings. The fraction of sp³-hybridized carbons (Fsp3) is 0.400. The van der Waals surface area contributed by atoms with E-state index < -0.39 is 5.91 Å². The minimum atomic E-state index is -0.488. The highest BCUT2D eigenvalue weighted by atomic mass is 16.5. The van der Waals surface area contributed by atoms with E-state index in [1.54, 1.807) is 24.4 Å². The summed E-state index contributed by atoms with van der Waals surface area (Å²) in [6.45, 7) is 2.62. The second kappa shape index (κ2) is 7.93. The Hall–Kier alpha value is -3.00. The summed E-state index contributed by atoms with van der Waals surface area (Å²) in [5, 5.41) is 2.79. The predicted molar refractivity (Wildman–Crippen MR) is 107 cm³/mol. The highest BCUT2D eigenvalue weighted by Crippen LogP contribution is 2.30. The second-order valence-electron chi connectivity index (χ2n) is 7.19. The van der Waals surface area contributed by atoms with Crippen LogP contribution in [0.2, 0.25) is 0 Å². The van der Waals surface area contributed by atoms with E-state index >= 15 is 0 Å². The molecule has 0 unspecified atom stereocenters. The first-order chi connectivity index (χ1) is 13.6. The summed E-state index contributed by atoms with van der Waals surface area (Å²) in [6, 6.07) is 6.99. The second-order valence-corrected chi connectivity index (χ2v) is 7.19. The van der Waals surface area contributed by atoms with Crippen LogP contribution < -0.4 is 16.0 Å². The van der Waals surface area contributed by atoms with E-state index in [4.69, 9.17) is 15.5 Å². The van der Waals surface area contributed by atoms with Crippen LogP contribution in [0.5, 0.6) is 0 Å². The lowest BCUT2D eigenvalue weighted by molar-refractivity contribution is -0.115. The van der Waals surface area contributed by atoms with Gasteiger partial charge in [0.15, 0.2) is 11.6 Å². The summed E-state index contributed by atoms with van der Waals surface area (Å²) in [5.74, 6) is 1.16. The van der Waals surface area contributed by atoms with Crippen molar-refractivity contribution >= 4 is 23.5 Å². The molecule has 3 heterocycles. The maximum atomic E-state index is 12.1. The Labute approximate surface area is 164 Å². The molecule has 28 heavy (non-hydrogen) atoms. The van der Waals surface area contributed by atoms with E-state index in [2.05, 4.69) is 10.3 Å². The van der Waals surface area contributed by atoms with Crippen LogP contribution in [0.15, 0.2) is 30.5 Å². The number of primary amides is 1. The van der Waals surface area contributed by atoms with Gasteiger partial charge in [-0.3, -0.25) is 9.59 Å². The molecule has 2 aromatic rings. The molecule has 8 nitrogen and oxygen atoms in total. The lowest BCUT2D eigenvalue weighted by Gasteiger charge is -2.31. The maximum Gasteiger partial charge on any atom is 0.248 e. The van der Waals surface area contributed by atoms with Crippen molar-refractivity contribution in [1.82, 2.24) is 9.97 Å². The predicted octanol–water partition coefficient (Wildman–Crippen LogP) is 2.06. The van der Waals surface area contributed by atoms with Crippen LogP contribution in [-0.2, 0) is 9.53 Å². The Kier molecular flexibility index (Phi) is 5.21. The van der Waals surface area contributed by atoms with Crippen LogP contribution in [0, 0.1) is 5.92 Å². The molecule has 4 rings (SSSR count). The highest BCUT2D eigenvalue weighted by Gasteiger charge is 2.26. The molecule has 2 aliphatic rings. The standard InChI is InChI=1S/C20H23N5O3.H2/c21-18(27)15-3-1-2-14(10-15)16-11-22-19-20(23-16)25(12-17(26)24-19)7-4-13-5-8-28-9-6-13;/h1-3,10-11,13H,4-9,12H2,(H2,21,27)(H,22,24,26);1H. The van der Waals surface area contributed by atoms with Crippen molar-refractivity contribution in [3.63, 3.8) is 0 Å². The number of rotatable bonds is 5. The number of aromatic nitrogens is 2. The zero-order chi connectivity index (χ0) is 19.5. The first-order valence-corrected chi connectivity index (χ1v) is 9.50.